The van der Waals surface area contributed by atoms with Crippen LogP contribution in [-0.4, -0.2) is 51.3 Å². The number of hydrazine groups is 1. The van der Waals surface area contributed by atoms with Crippen molar-refractivity contribution in [2.24, 2.45) is 0 Å². The van der Waals surface area contributed by atoms with Crippen molar-refractivity contribution in [1.82, 2.24) is 14.9 Å². The molecule has 2 heterocycles. The topological polar surface area (TPSA) is 102 Å². The molecule has 8 heteroatoms. The van der Waals surface area contributed by atoms with E-state index in [-0.39, 0.29) is 19.4 Å². The number of rotatable bonds is 1. The molecule has 2 saturated heterocycles. The number of amides is 5. The lowest BCUT2D eigenvalue weighted by Crippen LogP contribution is -2.53. The zero-order chi connectivity index (χ0) is 13.4. The fraction of sp³-hybridized carbons (Fsp3) is 0.500. The van der Waals surface area contributed by atoms with Crippen LogP contribution in [0.5, 0.6) is 0 Å². The van der Waals surface area contributed by atoms with Gasteiger partial charge in [-0.05, 0) is 0 Å². The molecule has 94 valence electrons. The van der Waals surface area contributed by atoms with Crippen LogP contribution in [0.4, 0.5) is 4.79 Å². The van der Waals surface area contributed by atoms with E-state index in [1.807, 2.05) is 6.07 Å². The van der Waals surface area contributed by atoms with Crippen molar-refractivity contribution >= 4 is 23.8 Å². The van der Waals surface area contributed by atoms with Crippen molar-refractivity contribution < 1.29 is 19.2 Å². The normalized spacial score (nSPS) is 21.9. The Labute approximate surface area is 102 Å². The number of urea groups is 1. The van der Waals surface area contributed by atoms with E-state index in [2.05, 4.69) is 0 Å². The zero-order valence-electron chi connectivity index (χ0n) is 9.62. The minimum Gasteiger partial charge on any atom is -0.302 e. The standard InChI is InChI=1S/C10H10N4O4/c1-6(15)13(10(18)12-5-7(12)4-11)14-8(16)2-3-9(14)17/h7H,2-3,5H2,1H3. The van der Waals surface area contributed by atoms with Gasteiger partial charge in [-0.3, -0.25) is 14.4 Å². The van der Waals surface area contributed by atoms with Crippen LogP contribution in [0.3, 0.4) is 0 Å². The van der Waals surface area contributed by atoms with E-state index in [0.29, 0.717) is 10.0 Å². The summed E-state index contributed by atoms with van der Waals surface area (Å²) in [6.45, 7) is 1.29. The molecule has 0 bridgehead atoms. The molecule has 0 aromatic heterocycles. The molecule has 0 N–H and O–H groups in total. The first-order valence-electron chi connectivity index (χ1n) is 5.34. The van der Waals surface area contributed by atoms with E-state index in [9.17, 15) is 19.2 Å². The van der Waals surface area contributed by atoms with Crippen molar-refractivity contribution in [1.29, 1.82) is 5.26 Å². The van der Waals surface area contributed by atoms with E-state index >= 15 is 0 Å². The van der Waals surface area contributed by atoms with E-state index in [1.54, 1.807) is 0 Å². The third kappa shape index (κ3) is 1.79. The van der Waals surface area contributed by atoms with Crippen molar-refractivity contribution in [2.75, 3.05) is 6.54 Å². The van der Waals surface area contributed by atoms with Gasteiger partial charge in [0.25, 0.3) is 0 Å². The molecule has 2 aliphatic rings. The molecule has 0 aliphatic carbocycles. The fourth-order valence-corrected chi connectivity index (χ4v) is 1.73. The van der Waals surface area contributed by atoms with E-state index < -0.39 is 29.8 Å². The first kappa shape index (κ1) is 12.0. The van der Waals surface area contributed by atoms with Crippen molar-refractivity contribution in [2.45, 2.75) is 25.8 Å². The maximum atomic E-state index is 11.9. The van der Waals surface area contributed by atoms with Crippen molar-refractivity contribution in [3.05, 3.63) is 0 Å². The zero-order valence-corrected chi connectivity index (χ0v) is 9.62. The second kappa shape index (κ2) is 4.10. The van der Waals surface area contributed by atoms with Crippen molar-refractivity contribution in [3.8, 4) is 6.07 Å². The van der Waals surface area contributed by atoms with Gasteiger partial charge in [0.15, 0.2) is 0 Å². The van der Waals surface area contributed by atoms with Crippen LogP contribution in [0, 0.1) is 11.3 Å². The summed E-state index contributed by atoms with van der Waals surface area (Å²) in [5.41, 5.74) is 0. The molecule has 5 amide bonds. The minimum atomic E-state index is -0.808. The SMILES string of the molecule is CC(=O)N(C(=O)N1CC1C#N)N1C(=O)CCC1=O. The van der Waals surface area contributed by atoms with Gasteiger partial charge in [0, 0.05) is 19.8 Å². The maximum Gasteiger partial charge on any atom is 0.347 e. The summed E-state index contributed by atoms with van der Waals surface area (Å²) in [6, 6.07) is 0.457. The Balaban J connectivity index is 2.22. The predicted molar refractivity (Wildman–Crippen MR) is 55.1 cm³/mol. The number of hydrogen-bond donors (Lipinski definition) is 0. The van der Waals surface area contributed by atoms with Gasteiger partial charge in [-0.1, -0.05) is 0 Å². The lowest BCUT2D eigenvalue weighted by molar-refractivity contribution is -0.161. The average Bonchev–Trinajstić information content (AvgIpc) is 3.04. The van der Waals surface area contributed by atoms with Gasteiger partial charge in [0.05, 0.1) is 12.6 Å². The maximum absolute atomic E-state index is 11.9. The van der Waals surface area contributed by atoms with Gasteiger partial charge >= 0.3 is 6.03 Å². The molecule has 0 spiro atoms. The lowest BCUT2D eigenvalue weighted by atomic mass is 10.4. The fourth-order valence-electron chi connectivity index (χ4n) is 1.73. The van der Waals surface area contributed by atoms with Gasteiger partial charge < -0.3 is 4.90 Å². The smallest absolute Gasteiger partial charge is 0.302 e. The van der Waals surface area contributed by atoms with Crippen LogP contribution >= 0.6 is 0 Å². The van der Waals surface area contributed by atoms with Gasteiger partial charge in [0.2, 0.25) is 17.7 Å². The summed E-state index contributed by atoms with van der Waals surface area (Å²) in [5, 5.41) is 9.70. The highest BCUT2D eigenvalue weighted by Crippen LogP contribution is 2.23. The Morgan fingerprint density at radius 2 is 1.89 bits per heavy atom. The first-order chi connectivity index (χ1) is 8.47. The monoisotopic (exact) mass is 250 g/mol. The highest BCUT2D eigenvalue weighted by Gasteiger charge is 2.47. The molecule has 0 aromatic rings. The molecule has 18 heavy (non-hydrogen) atoms. The van der Waals surface area contributed by atoms with E-state index in [4.69, 9.17) is 5.26 Å². The summed E-state index contributed by atoms with van der Waals surface area (Å²) in [7, 11) is 0. The average molecular weight is 250 g/mol. The largest absolute Gasteiger partial charge is 0.347 e. The highest BCUT2D eigenvalue weighted by molar-refractivity contribution is 6.07. The number of carbonyl (C=O) groups is 4. The molecule has 0 radical (unpaired) electrons. The summed E-state index contributed by atoms with van der Waals surface area (Å²) in [6.07, 6.45) is -0.0326. The van der Waals surface area contributed by atoms with Gasteiger partial charge in [0.1, 0.15) is 6.04 Å². The molecule has 0 saturated carbocycles. The molecule has 8 nitrogen and oxygen atoms in total. The van der Waals surface area contributed by atoms with Crippen LogP contribution in [-0.2, 0) is 14.4 Å². The second-order valence-electron chi connectivity index (χ2n) is 4.01. The molecule has 2 rings (SSSR count). The molecule has 0 aromatic carbocycles. The summed E-state index contributed by atoms with van der Waals surface area (Å²) >= 11 is 0. The van der Waals surface area contributed by atoms with Gasteiger partial charge in [-0.15, -0.1) is 0 Å². The molecule has 2 aliphatic heterocycles. The van der Waals surface area contributed by atoms with Gasteiger partial charge in [-0.2, -0.15) is 15.3 Å². The van der Waals surface area contributed by atoms with E-state index in [0.717, 1.165) is 11.8 Å². The highest BCUT2D eigenvalue weighted by atomic mass is 16.2. The Kier molecular flexibility index (Phi) is 2.74. The third-order valence-corrected chi connectivity index (χ3v) is 2.71. The molecular weight excluding hydrogens is 240 g/mol. The number of imide groups is 2. The minimum absolute atomic E-state index is 0.0163. The number of hydrogen-bond acceptors (Lipinski definition) is 5. The Bertz CT molecular complexity index is 479. The van der Waals surface area contributed by atoms with Crippen LogP contribution < -0.4 is 0 Å². The molecular formula is C10H10N4O4. The number of nitrogens with zero attached hydrogens (tertiary/aromatic N) is 4. The Hall–Kier alpha value is -2.43. The third-order valence-electron chi connectivity index (χ3n) is 2.71. The molecule has 1 unspecified atom stereocenters. The molecule has 1 atom stereocenters. The second-order valence-corrected chi connectivity index (χ2v) is 4.01. The summed E-state index contributed by atoms with van der Waals surface area (Å²) < 4.78 is 0. The summed E-state index contributed by atoms with van der Waals surface area (Å²) in [4.78, 5) is 47.5. The Morgan fingerprint density at radius 3 is 2.28 bits per heavy atom. The van der Waals surface area contributed by atoms with Crippen LogP contribution in [0.15, 0.2) is 0 Å². The van der Waals surface area contributed by atoms with E-state index in [1.165, 1.54) is 0 Å². The van der Waals surface area contributed by atoms with Crippen LogP contribution in [0.1, 0.15) is 19.8 Å². The predicted octanol–water partition coefficient (Wildman–Crippen LogP) is -0.773. The molecule has 2 fully saturated rings. The number of carbonyl (C=O) groups excluding carboxylic acids is 4. The van der Waals surface area contributed by atoms with Crippen LogP contribution in [0.25, 0.3) is 0 Å². The lowest BCUT2D eigenvalue weighted by Gasteiger charge is -2.26. The number of nitriles is 1. The van der Waals surface area contributed by atoms with Crippen LogP contribution in [0.2, 0.25) is 0 Å². The Morgan fingerprint density at radius 1 is 1.33 bits per heavy atom. The summed E-state index contributed by atoms with van der Waals surface area (Å²) in [5.74, 6) is -1.90. The first-order valence-corrected chi connectivity index (χ1v) is 5.34. The quantitative estimate of drug-likeness (QED) is 0.449. The van der Waals surface area contributed by atoms with Crippen molar-refractivity contribution in [3.63, 3.8) is 0 Å². The van der Waals surface area contributed by atoms with Gasteiger partial charge in [-0.25, -0.2) is 4.79 Å².